The van der Waals surface area contributed by atoms with Crippen LogP contribution >= 0.6 is 0 Å². The zero-order valence-electron chi connectivity index (χ0n) is 20.3. The smallest absolute Gasteiger partial charge is 0.470 e. The first-order valence-electron chi connectivity index (χ1n) is 11.8. The van der Waals surface area contributed by atoms with E-state index in [1.165, 1.54) is 12.1 Å². The number of aromatic nitrogens is 2. The minimum atomic E-state index is -4.83. The van der Waals surface area contributed by atoms with Gasteiger partial charge in [-0.2, -0.15) is 13.2 Å². The molecule has 0 aliphatic rings. The van der Waals surface area contributed by atoms with Crippen molar-refractivity contribution in [1.82, 2.24) is 15.5 Å². The SMILES string of the molecule is CCCC[C@@H](COc1ccc(-c2nnc(C(F)(F)F)o2)c(F)c1)Nc1ccc(C(=O)NCCC(=O)O)cc1. The molecule has 0 bridgehead atoms. The zero-order valence-corrected chi connectivity index (χ0v) is 20.3. The van der Waals surface area contributed by atoms with Crippen LogP contribution < -0.4 is 15.4 Å². The van der Waals surface area contributed by atoms with Crippen LogP contribution in [0.4, 0.5) is 23.2 Å². The van der Waals surface area contributed by atoms with Gasteiger partial charge in [-0.1, -0.05) is 19.8 Å². The van der Waals surface area contributed by atoms with Crippen molar-refractivity contribution < 1.29 is 41.4 Å². The predicted octanol–water partition coefficient (Wildman–Crippen LogP) is 5.15. The molecule has 0 fully saturated rings. The number of alkyl halides is 3. The third kappa shape index (κ3) is 8.18. The van der Waals surface area contributed by atoms with Crippen molar-refractivity contribution >= 4 is 17.6 Å². The summed E-state index contributed by atoms with van der Waals surface area (Å²) in [4.78, 5) is 22.7. The Morgan fingerprint density at radius 1 is 1.13 bits per heavy atom. The quantitative estimate of drug-likeness (QED) is 0.255. The maximum Gasteiger partial charge on any atom is 0.470 e. The van der Waals surface area contributed by atoms with E-state index < -0.39 is 29.7 Å². The number of carbonyl (C=O) groups excluding carboxylic acids is 1. The van der Waals surface area contributed by atoms with Gasteiger partial charge in [0.1, 0.15) is 18.2 Å². The Hall–Kier alpha value is -4.16. The maximum atomic E-state index is 14.6. The van der Waals surface area contributed by atoms with Crippen LogP contribution in [0.5, 0.6) is 5.75 Å². The molecule has 1 amide bonds. The Morgan fingerprint density at radius 3 is 2.47 bits per heavy atom. The number of hydrogen-bond acceptors (Lipinski definition) is 7. The molecule has 0 saturated carbocycles. The molecule has 0 saturated heterocycles. The molecule has 3 aromatic rings. The van der Waals surface area contributed by atoms with Crippen LogP contribution in [0, 0.1) is 5.82 Å². The van der Waals surface area contributed by atoms with Crippen LogP contribution in [0.1, 0.15) is 48.9 Å². The van der Waals surface area contributed by atoms with Crippen molar-refractivity contribution in [2.24, 2.45) is 0 Å². The first-order chi connectivity index (χ1) is 18.1. The van der Waals surface area contributed by atoms with Gasteiger partial charge >= 0.3 is 18.0 Å². The molecular weight excluding hydrogens is 512 g/mol. The molecule has 1 atom stereocenters. The molecule has 0 radical (unpaired) electrons. The Kier molecular flexibility index (Phi) is 9.63. The Labute approximate surface area is 215 Å². The van der Waals surface area contributed by atoms with Gasteiger partial charge in [0.25, 0.3) is 11.8 Å². The van der Waals surface area contributed by atoms with E-state index in [0.29, 0.717) is 5.56 Å². The first-order valence-corrected chi connectivity index (χ1v) is 11.8. The van der Waals surface area contributed by atoms with Gasteiger partial charge in [-0.3, -0.25) is 9.59 Å². The number of unbranched alkanes of at least 4 members (excludes halogenated alkanes) is 1. The molecule has 0 aliphatic heterocycles. The second kappa shape index (κ2) is 12.9. The summed E-state index contributed by atoms with van der Waals surface area (Å²) in [5.41, 5.74) is 0.810. The number of hydrogen-bond donors (Lipinski definition) is 3. The summed E-state index contributed by atoms with van der Waals surface area (Å²) in [5, 5.41) is 20.7. The second-order valence-electron chi connectivity index (χ2n) is 8.32. The first kappa shape index (κ1) is 28.4. The van der Waals surface area contributed by atoms with Gasteiger partial charge in [0.15, 0.2) is 0 Å². The highest BCUT2D eigenvalue weighted by molar-refractivity contribution is 5.94. The van der Waals surface area contributed by atoms with Gasteiger partial charge in [-0.15, -0.1) is 10.2 Å². The molecular formula is C25H26F4N4O5. The molecule has 3 rings (SSSR count). The standard InChI is InChI=1S/C25H26F4N4O5/c1-2-3-4-17(31-16-7-5-15(6-8-16)22(36)30-12-11-21(34)35)14-37-18-9-10-19(20(26)13-18)23-32-33-24(38-23)25(27,28)29/h5-10,13,17,31H,2-4,11-12,14H2,1H3,(H,30,36)(H,34,35)/t17-/m0/s1. The summed E-state index contributed by atoms with van der Waals surface area (Å²) in [6.07, 6.45) is -2.46. The number of halogens is 4. The Balaban J connectivity index is 1.61. The fourth-order valence-corrected chi connectivity index (χ4v) is 3.39. The summed E-state index contributed by atoms with van der Waals surface area (Å²) >= 11 is 0. The molecule has 0 spiro atoms. The lowest BCUT2D eigenvalue weighted by Crippen LogP contribution is -2.27. The Bertz CT molecular complexity index is 1230. The van der Waals surface area contributed by atoms with Crippen LogP contribution in [0.25, 0.3) is 11.5 Å². The largest absolute Gasteiger partial charge is 0.491 e. The molecule has 3 N–H and O–H groups in total. The lowest BCUT2D eigenvalue weighted by Gasteiger charge is -2.21. The van der Waals surface area contributed by atoms with Gasteiger partial charge in [-0.05, 0) is 42.8 Å². The van der Waals surface area contributed by atoms with Crippen LogP contribution in [0.2, 0.25) is 0 Å². The maximum absolute atomic E-state index is 14.6. The third-order valence-electron chi connectivity index (χ3n) is 5.34. The third-order valence-corrected chi connectivity index (χ3v) is 5.34. The molecule has 1 aromatic heterocycles. The second-order valence-corrected chi connectivity index (χ2v) is 8.32. The van der Waals surface area contributed by atoms with Crippen molar-refractivity contribution in [3.05, 3.63) is 59.7 Å². The van der Waals surface area contributed by atoms with Crippen LogP contribution in [-0.4, -0.2) is 46.4 Å². The molecule has 0 aliphatic carbocycles. The minimum Gasteiger partial charge on any atom is -0.491 e. The lowest BCUT2D eigenvalue weighted by atomic mass is 10.1. The molecule has 13 heteroatoms. The molecule has 1 heterocycles. The highest BCUT2D eigenvalue weighted by atomic mass is 19.4. The number of nitrogens with zero attached hydrogens (tertiary/aromatic N) is 2. The number of anilines is 1. The van der Waals surface area contributed by atoms with Gasteiger partial charge in [-0.25, -0.2) is 4.39 Å². The van der Waals surface area contributed by atoms with Crippen LogP contribution in [0.3, 0.4) is 0 Å². The van der Waals surface area contributed by atoms with E-state index in [4.69, 9.17) is 9.84 Å². The fourth-order valence-electron chi connectivity index (χ4n) is 3.39. The number of carboxylic acid groups (broad SMARTS) is 1. The lowest BCUT2D eigenvalue weighted by molar-refractivity contribution is -0.157. The summed E-state index contributed by atoms with van der Waals surface area (Å²) in [7, 11) is 0. The number of benzene rings is 2. The summed E-state index contributed by atoms with van der Waals surface area (Å²) in [6, 6.07) is 10.1. The molecule has 38 heavy (non-hydrogen) atoms. The van der Waals surface area contributed by atoms with E-state index in [1.54, 1.807) is 24.3 Å². The van der Waals surface area contributed by atoms with Crippen molar-refractivity contribution in [3.8, 4) is 17.2 Å². The van der Waals surface area contributed by atoms with Crippen LogP contribution in [-0.2, 0) is 11.0 Å². The van der Waals surface area contributed by atoms with Gasteiger partial charge in [0.05, 0.1) is 18.0 Å². The number of aliphatic carboxylic acids is 1. The van der Waals surface area contributed by atoms with E-state index in [-0.39, 0.29) is 42.8 Å². The van der Waals surface area contributed by atoms with E-state index in [0.717, 1.165) is 31.0 Å². The fraction of sp³-hybridized carbons (Fsp3) is 0.360. The summed E-state index contributed by atoms with van der Waals surface area (Å²) < 4.78 is 62.9. The minimum absolute atomic E-state index is 0.0235. The molecule has 0 unspecified atom stereocenters. The zero-order chi connectivity index (χ0) is 27.7. The van der Waals surface area contributed by atoms with Crippen molar-refractivity contribution in [1.29, 1.82) is 0 Å². The van der Waals surface area contributed by atoms with E-state index in [9.17, 15) is 27.2 Å². The highest BCUT2D eigenvalue weighted by Crippen LogP contribution is 2.32. The summed E-state index contributed by atoms with van der Waals surface area (Å²) in [6.45, 7) is 2.22. The Morgan fingerprint density at radius 2 is 1.87 bits per heavy atom. The van der Waals surface area contributed by atoms with E-state index in [1.807, 2.05) is 6.92 Å². The monoisotopic (exact) mass is 538 g/mol. The number of carbonyl (C=O) groups is 2. The normalized spacial score (nSPS) is 12.1. The van der Waals surface area contributed by atoms with Gasteiger partial charge in [0.2, 0.25) is 0 Å². The van der Waals surface area contributed by atoms with Gasteiger partial charge < -0.3 is 24.9 Å². The molecule has 204 valence electrons. The number of nitrogens with one attached hydrogen (secondary N) is 2. The molecule has 2 aromatic carbocycles. The predicted molar refractivity (Wildman–Crippen MR) is 128 cm³/mol. The van der Waals surface area contributed by atoms with E-state index in [2.05, 4.69) is 25.2 Å². The van der Waals surface area contributed by atoms with Crippen molar-refractivity contribution in [2.45, 2.75) is 44.8 Å². The average Bonchev–Trinajstić information content (AvgIpc) is 3.36. The summed E-state index contributed by atoms with van der Waals surface area (Å²) in [5.74, 6) is -4.26. The molecule has 9 nitrogen and oxygen atoms in total. The van der Waals surface area contributed by atoms with E-state index >= 15 is 0 Å². The van der Waals surface area contributed by atoms with Crippen molar-refractivity contribution in [2.75, 3.05) is 18.5 Å². The average molecular weight is 538 g/mol. The number of amides is 1. The topological polar surface area (TPSA) is 127 Å². The number of carboxylic acids is 1. The number of rotatable bonds is 13. The van der Waals surface area contributed by atoms with Gasteiger partial charge in [0, 0.05) is 23.9 Å². The highest BCUT2D eigenvalue weighted by Gasteiger charge is 2.38. The van der Waals surface area contributed by atoms with Crippen molar-refractivity contribution in [3.63, 3.8) is 0 Å². The van der Waals surface area contributed by atoms with Crippen LogP contribution in [0.15, 0.2) is 46.9 Å². The number of ether oxygens (including phenoxy) is 1.